The smallest absolute Gasteiger partial charge is 0.225 e. The fraction of sp³-hybridized carbons (Fsp3) is 0.500. The minimum Gasteiger partial charge on any atom is -0.379 e. The maximum absolute atomic E-state index is 11.8. The number of morpholine rings is 1. The zero-order chi connectivity index (χ0) is 13.5. The fourth-order valence-electron chi connectivity index (χ4n) is 2.03. The van der Waals surface area contributed by atoms with Gasteiger partial charge in [0, 0.05) is 38.3 Å². The molecule has 0 spiro atoms. The molecule has 1 fully saturated rings. The lowest BCUT2D eigenvalue weighted by atomic mass is 10.2. The summed E-state index contributed by atoms with van der Waals surface area (Å²) in [5.74, 6) is 0.0481. The molecule has 0 aliphatic carbocycles. The average molecular weight is 263 g/mol. The van der Waals surface area contributed by atoms with Crippen LogP contribution >= 0.6 is 0 Å². The standard InChI is InChI=1S/C14H21N3O2/c15-11-12-1-3-13(4-2-12)16-14(18)5-6-17-7-9-19-10-8-17/h1-4H,5-11,15H2,(H,16,18). The van der Waals surface area contributed by atoms with Gasteiger partial charge in [0.15, 0.2) is 0 Å². The second-order valence-electron chi connectivity index (χ2n) is 4.65. The van der Waals surface area contributed by atoms with E-state index < -0.39 is 0 Å². The van der Waals surface area contributed by atoms with E-state index in [1.807, 2.05) is 24.3 Å². The van der Waals surface area contributed by atoms with Crippen LogP contribution in [0.5, 0.6) is 0 Å². The van der Waals surface area contributed by atoms with Gasteiger partial charge in [-0.2, -0.15) is 0 Å². The van der Waals surface area contributed by atoms with Gasteiger partial charge in [-0.1, -0.05) is 12.1 Å². The van der Waals surface area contributed by atoms with Crippen LogP contribution in [0.2, 0.25) is 0 Å². The Morgan fingerprint density at radius 1 is 1.26 bits per heavy atom. The third-order valence-electron chi connectivity index (χ3n) is 3.23. The van der Waals surface area contributed by atoms with Crippen molar-refractivity contribution in [2.24, 2.45) is 5.73 Å². The van der Waals surface area contributed by atoms with Crippen LogP contribution in [-0.4, -0.2) is 43.7 Å². The van der Waals surface area contributed by atoms with E-state index in [1.165, 1.54) is 0 Å². The molecular formula is C14H21N3O2. The highest BCUT2D eigenvalue weighted by molar-refractivity contribution is 5.90. The normalized spacial score (nSPS) is 16.3. The SMILES string of the molecule is NCc1ccc(NC(=O)CCN2CCOCC2)cc1. The summed E-state index contributed by atoms with van der Waals surface area (Å²) in [4.78, 5) is 14.1. The Bertz CT molecular complexity index is 400. The first-order chi connectivity index (χ1) is 9.28. The number of benzene rings is 1. The number of ether oxygens (including phenoxy) is 1. The molecular weight excluding hydrogens is 242 g/mol. The van der Waals surface area contributed by atoms with Crippen molar-refractivity contribution in [3.05, 3.63) is 29.8 Å². The average Bonchev–Trinajstić information content (AvgIpc) is 2.47. The fourth-order valence-corrected chi connectivity index (χ4v) is 2.03. The van der Waals surface area contributed by atoms with Crippen molar-refractivity contribution >= 4 is 11.6 Å². The number of nitrogens with two attached hydrogens (primary N) is 1. The van der Waals surface area contributed by atoms with Gasteiger partial charge < -0.3 is 15.8 Å². The number of hydrogen-bond donors (Lipinski definition) is 2. The Labute approximate surface area is 113 Å². The summed E-state index contributed by atoms with van der Waals surface area (Å²) in [6.07, 6.45) is 0.513. The Balaban J connectivity index is 1.73. The van der Waals surface area contributed by atoms with E-state index in [0.29, 0.717) is 13.0 Å². The van der Waals surface area contributed by atoms with Gasteiger partial charge in [0.05, 0.1) is 13.2 Å². The lowest BCUT2D eigenvalue weighted by molar-refractivity contribution is -0.116. The Morgan fingerprint density at radius 3 is 2.58 bits per heavy atom. The Kier molecular flexibility index (Phi) is 5.32. The monoisotopic (exact) mass is 263 g/mol. The van der Waals surface area contributed by atoms with Crippen LogP contribution < -0.4 is 11.1 Å². The van der Waals surface area contributed by atoms with Crippen molar-refractivity contribution in [1.82, 2.24) is 4.90 Å². The van der Waals surface area contributed by atoms with Crippen LogP contribution in [-0.2, 0) is 16.1 Å². The minimum atomic E-state index is 0.0481. The van der Waals surface area contributed by atoms with Gasteiger partial charge in [0.1, 0.15) is 0 Å². The summed E-state index contributed by atoms with van der Waals surface area (Å²) in [6, 6.07) is 7.62. The van der Waals surface area contributed by atoms with Crippen molar-refractivity contribution in [1.29, 1.82) is 0 Å². The highest BCUT2D eigenvalue weighted by Gasteiger charge is 2.11. The first kappa shape index (κ1) is 14.0. The number of hydrogen-bond acceptors (Lipinski definition) is 4. The summed E-state index contributed by atoms with van der Waals surface area (Å²) >= 11 is 0. The van der Waals surface area contributed by atoms with Gasteiger partial charge in [-0.3, -0.25) is 9.69 Å². The zero-order valence-electron chi connectivity index (χ0n) is 11.1. The summed E-state index contributed by atoms with van der Waals surface area (Å²) in [7, 11) is 0. The van der Waals surface area contributed by atoms with Gasteiger partial charge >= 0.3 is 0 Å². The molecule has 0 unspecified atom stereocenters. The summed E-state index contributed by atoms with van der Waals surface area (Å²) in [5, 5.41) is 2.90. The van der Waals surface area contributed by atoms with E-state index in [2.05, 4.69) is 10.2 Å². The molecule has 5 nitrogen and oxygen atoms in total. The van der Waals surface area contributed by atoms with Crippen molar-refractivity contribution in [2.75, 3.05) is 38.2 Å². The van der Waals surface area contributed by atoms with Crippen LogP contribution in [0.15, 0.2) is 24.3 Å². The number of anilines is 1. The molecule has 1 heterocycles. The molecule has 0 saturated carbocycles. The van der Waals surface area contributed by atoms with Gasteiger partial charge in [-0.25, -0.2) is 0 Å². The molecule has 1 aromatic carbocycles. The van der Waals surface area contributed by atoms with Crippen LogP contribution in [0.3, 0.4) is 0 Å². The first-order valence-corrected chi connectivity index (χ1v) is 6.67. The number of nitrogens with zero attached hydrogens (tertiary/aromatic N) is 1. The Hall–Kier alpha value is -1.43. The minimum absolute atomic E-state index is 0.0481. The molecule has 1 aliphatic rings. The number of carbonyl (C=O) groups is 1. The first-order valence-electron chi connectivity index (χ1n) is 6.67. The molecule has 3 N–H and O–H groups in total. The molecule has 0 atom stereocenters. The van der Waals surface area contributed by atoms with Crippen LogP contribution in [0, 0.1) is 0 Å². The van der Waals surface area contributed by atoms with Gasteiger partial charge in [0.2, 0.25) is 5.91 Å². The third kappa shape index (κ3) is 4.63. The largest absolute Gasteiger partial charge is 0.379 e. The quantitative estimate of drug-likeness (QED) is 0.825. The molecule has 1 amide bonds. The van der Waals surface area contributed by atoms with Crippen molar-refractivity contribution in [3.63, 3.8) is 0 Å². The van der Waals surface area contributed by atoms with E-state index in [0.717, 1.165) is 44.1 Å². The Morgan fingerprint density at radius 2 is 1.95 bits per heavy atom. The lowest BCUT2D eigenvalue weighted by Crippen LogP contribution is -2.38. The summed E-state index contributed by atoms with van der Waals surface area (Å²) in [5.41, 5.74) is 7.41. The van der Waals surface area contributed by atoms with Crippen LogP contribution in [0.25, 0.3) is 0 Å². The number of amides is 1. The van der Waals surface area contributed by atoms with Crippen LogP contribution in [0.1, 0.15) is 12.0 Å². The van der Waals surface area contributed by atoms with E-state index in [9.17, 15) is 4.79 Å². The number of rotatable bonds is 5. The highest BCUT2D eigenvalue weighted by atomic mass is 16.5. The predicted molar refractivity (Wildman–Crippen MR) is 74.8 cm³/mol. The van der Waals surface area contributed by atoms with E-state index in [1.54, 1.807) is 0 Å². The predicted octanol–water partition coefficient (Wildman–Crippen LogP) is 0.806. The van der Waals surface area contributed by atoms with E-state index >= 15 is 0 Å². The maximum atomic E-state index is 11.8. The zero-order valence-corrected chi connectivity index (χ0v) is 11.1. The molecule has 2 rings (SSSR count). The van der Waals surface area contributed by atoms with Gasteiger partial charge in [-0.15, -0.1) is 0 Å². The van der Waals surface area contributed by atoms with Gasteiger partial charge in [0.25, 0.3) is 0 Å². The highest BCUT2D eigenvalue weighted by Crippen LogP contribution is 2.09. The summed E-state index contributed by atoms with van der Waals surface area (Å²) in [6.45, 7) is 4.67. The van der Waals surface area contributed by atoms with Crippen molar-refractivity contribution in [3.8, 4) is 0 Å². The topological polar surface area (TPSA) is 67.6 Å². The molecule has 104 valence electrons. The van der Waals surface area contributed by atoms with E-state index in [4.69, 9.17) is 10.5 Å². The molecule has 1 aromatic rings. The third-order valence-corrected chi connectivity index (χ3v) is 3.23. The molecule has 0 bridgehead atoms. The molecule has 0 aromatic heterocycles. The van der Waals surface area contributed by atoms with Crippen LogP contribution in [0.4, 0.5) is 5.69 Å². The number of nitrogens with one attached hydrogen (secondary N) is 1. The van der Waals surface area contributed by atoms with E-state index in [-0.39, 0.29) is 5.91 Å². The molecule has 19 heavy (non-hydrogen) atoms. The van der Waals surface area contributed by atoms with Gasteiger partial charge in [-0.05, 0) is 17.7 Å². The molecule has 5 heteroatoms. The lowest BCUT2D eigenvalue weighted by Gasteiger charge is -2.26. The second-order valence-corrected chi connectivity index (χ2v) is 4.65. The molecule has 0 radical (unpaired) electrons. The summed E-state index contributed by atoms with van der Waals surface area (Å²) < 4.78 is 5.27. The maximum Gasteiger partial charge on any atom is 0.225 e. The van der Waals surface area contributed by atoms with Crippen molar-refractivity contribution in [2.45, 2.75) is 13.0 Å². The van der Waals surface area contributed by atoms with Crippen molar-refractivity contribution < 1.29 is 9.53 Å². The molecule has 1 saturated heterocycles. The molecule has 1 aliphatic heterocycles. The second kappa shape index (κ2) is 7.23. The number of carbonyl (C=O) groups excluding carboxylic acids is 1.